The molecule has 1 aromatic heterocycles. The van der Waals surface area contributed by atoms with Crippen molar-refractivity contribution in [1.82, 2.24) is 8.87 Å². The minimum absolute atomic E-state index is 0.0912. The van der Waals surface area contributed by atoms with E-state index in [0.717, 1.165) is 15.8 Å². The summed E-state index contributed by atoms with van der Waals surface area (Å²) >= 11 is 7.57. The molecule has 0 radical (unpaired) electrons. The second kappa shape index (κ2) is 9.95. The van der Waals surface area contributed by atoms with Gasteiger partial charge < -0.3 is 4.57 Å². The standard InChI is InChI=1S/C23H24ClN3O3S2/c1-5-12-26(13-6-2)32(29,30)19-10-8-17(9-11-19)22(28)25-23-27(7-3)21-16(4)14-18(24)15-20(21)31-23/h5-6,8-11,14-15H,1-2,7,12-13H2,3-4H3. The zero-order chi connectivity index (χ0) is 23.5. The third-order valence-corrected chi connectivity index (χ3v) is 7.94. The number of carbonyl (C=O) groups is 1. The Labute approximate surface area is 196 Å². The molecule has 0 aliphatic carbocycles. The molecule has 0 aliphatic heterocycles. The van der Waals surface area contributed by atoms with E-state index in [9.17, 15) is 13.2 Å². The van der Waals surface area contributed by atoms with Gasteiger partial charge in [0, 0.05) is 30.2 Å². The van der Waals surface area contributed by atoms with Crippen LogP contribution in [0.3, 0.4) is 0 Å². The molecule has 6 nitrogen and oxygen atoms in total. The van der Waals surface area contributed by atoms with Gasteiger partial charge >= 0.3 is 0 Å². The number of amides is 1. The Balaban J connectivity index is 1.98. The molecule has 32 heavy (non-hydrogen) atoms. The van der Waals surface area contributed by atoms with Crippen LogP contribution in [0, 0.1) is 6.92 Å². The predicted molar refractivity (Wildman–Crippen MR) is 131 cm³/mol. The average molecular weight is 490 g/mol. The van der Waals surface area contributed by atoms with Crippen LogP contribution in [0.5, 0.6) is 0 Å². The van der Waals surface area contributed by atoms with Crippen molar-refractivity contribution in [3.05, 3.63) is 82.7 Å². The fraction of sp³-hybridized carbons (Fsp3) is 0.217. The summed E-state index contributed by atoms with van der Waals surface area (Å²) in [6.45, 7) is 12.1. The molecule has 1 heterocycles. The smallest absolute Gasteiger partial charge is 0.279 e. The van der Waals surface area contributed by atoms with Gasteiger partial charge in [0.2, 0.25) is 10.0 Å². The van der Waals surface area contributed by atoms with E-state index >= 15 is 0 Å². The number of fused-ring (bicyclic) bond motifs is 1. The van der Waals surface area contributed by atoms with E-state index in [0.29, 0.717) is 21.9 Å². The van der Waals surface area contributed by atoms with Gasteiger partial charge in [-0.2, -0.15) is 9.30 Å². The maximum absolute atomic E-state index is 12.8. The summed E-state index contributed by atoms with van der Waals surface area (Å²) in [7, 11) is -3.73. The molecule has 0 bridgehead atoms. The van der Waals surface area contributed by atoms with E-state index in [-0.39, 0.29) is 18.0 Å². The first-order valence-electron chi connectivity index (χ1n) is 9.93. The summed E-state index contributed by atoms with van der Waals surface area (Å²) in [4.78, 5) is 17.8. The van der Waals surface area contributed by atoms with Gasteiger partial charge in [0.25, 0.3) is 5.91 Å². The molecular weight excluding hydrogens is 466 g/mol. The van der Waals surface area contributed by atoms with Crippen molar-refractivity contribution in [1.29, 1.82) is 0 Å². The molecule has 0 unspecified atom stereocenters. The summed E-state index contributed by atoms with van der Waals surface area (Å²) in [5, 5.41) is 0.635. The van der Waals surface area contributed by atoms with E-state index in [2.05, 4.69) is 18.2 Å². The molecule has 0 aliphatic rings. The lowest BCUT2D eigenvalue weighted by Gasteiger charge is -2.19. The number of hydrogen-bond donors (Lipinski definition) is 0. The van der Waals surface area contributed by atoms with Crippen molar-refractivity contribution >= 4 is 49.1 Å². The van der Waals surface area contributed by atoms with Gasteiger partial charge in [-0.05, 0) is 55.8 Å². The number of sulfonamides is 1. The summed E-state index contributed by atoms with van der Waals surface area (Å²) < 4.78 is 29.9. The molecule has 0 atom stereocenters. The van der Waals surface area contributed by atoms with Gasteiger partial charge in [-0.1, -0.05) is 35.1 Å². The molecule has 168 valence electrons. The number of halogens is 1. The zero-order valence-electron chi connectivity index (χ0n) is 17.9. The Morgan fingerprint density at radius 3 is 2.38 bits per heavy atom. The summed E-state index contributed by atoms with van der Waals surface area (Å²) in [6, 6.07) is 9.53. The molecule has 0 spiro atoms. The highest BCUT2D eigenvalue weighted by molar-refractivity contribution is 7.89. The van der Waals surface area contributed by atoms with Crippen LogP contribution in [0.1, 0.15) is 22.8 Å². The third-order valence-electron chi connectivity index (χ3n) is 4.85. The molecule has 0 fully saturated rings. The number of nitrogens with zero attached hydrogens (tertiary/aromatic N) is 3. The molecule has 0 saturated carbocycles. The number of aromatic nitrogens is 1. The minimum atomic E-state index is -3.73. The second-order valence-corrected chi connectivity index (χ2v) is 10.4. The van der Waals surface area contributed by atoms with E-state index in [4.69, 9.17) is 11.6 Å². The number of benzene rings is 2. The van der Waals surface area contributed by atoms with Crippen LogP contribution in [-0.2, 0) is 16.6 Å². The Morgan fingerprint density at radius 1 is 1.19 bits per heavy atom. The largest absolute Gasteiger partial charge is 0.316 e. The van der Waals surface area contributed by atoms with Crippen LogP contribution in [0.4, 0.5) is 0 Å². The van der Waals surface area contributed by atoms with Crippen molar-refractivity contribution < 1.29 is 13.2 Å². The molecule has 9 heteroatoms. The van der Waals surface area contributed by atoms with Gasteiger partial charge in [-0.25, -0.2) is 8.42 Å². The molecule has 0 N–H and O–H groups in total. The van der Waals surface area contributed by atoms with Crippen LogP contribution < -0.4 is 4.80 Å². The lowest BCUT2D eigenvalue weighted by atomic mass is 10.2. The third kappa shape index (κ3) is 4.78. The number of carbonyl (C=O) groups excluding carboxylic acids is 1. The lowest BCUT2D eigenvalue weighted by molar-refractivity contribution is 0.0997. The number of thiazole rings is 1. The Bertz CT molecular complexity index is 1340. The monoisotopic (exact) mass is 489 g/mol. The summed E-state index contributed by atoms with van der Waals surface area (Å²) in [5.74, 6) is -0.444. The molecule has 3 aromatic rings. The topological polar surface area (TPSA) is 71.7 Å². The maximum Gasteiger partial charge on any atom is 0.279 e. The van der Waals surface area contributed by atoms with Gasteiger partial charge in [0.05, 0.1) is 15.1 Å². The highest BCUT2D eigenvalue weighted by atomic mass is 35.5. The van der Waals surface area contributed by atoms with Gasteiger partial charge in [0.15, 0.2) is 4.80 Å². The summed E-state index contributed by atoms with van der Waals surface area (Å²) in [5.41, 5.74) is 2.31. The fourth-order valence-electron chi connectivity index (χ4n) is 3.38. The normalized spacial score (nSPS) is 12.4. The van der Waals surface area contributed by atoms with Crippen molar-refractivity contribution in [2.45, 2.75) is 25.3 Å². The van der Waals surface area contributed by atoms with Crippen molar-refractivity contribution in [2.75, 3.05) is 13.1 Å². The van der Waals surface area contributed by atoms with Crippen molar-refractivity contribution in [3.63, 3.8) is 0 Å². The average Bonchev–Trinajstić information content (AvgIpc) is 3.10. The van der Waals surface area contributed by atoms with E-state index in [1.807, 2.05) is 30.5 Å². The molecule has 2 aromatic carbocycles. The molecular formula is C23H24ClN3O3S2. The quantitative estimate of drug-likeness (QED) is 0.427. The fourth-order valence-corrected chi connectivity index (χ4v) is 6.31. The number of rotatable bonds is 8. The first kappa shape index (κ1) is 24.1. The minimum Gasteiger partial charge on any atom is -0.316 e. The summed E-state index contributed by atoms with van der Waals surface area (Å²) in [6.07, 6.45) is 3.03. The Hall–Kier alpha value is -2.52. The van der Waals surface area contributed by atoms with Gasteiger partial charge in [-0.15, -0.1) is 13.2 Å². The molecule has 1 amide bonds. The molecule has 0 saturated heterocycles. The number of hydrogen-bond acceptors (Lipinski definition) is 4. The van der Waals surface area contributed by atoms with Crippen LogP contribution >= 0.6 is 22.9 Å². The van der Waals surface area contributed by atoms with Crippen LogP contribution in [0.25, 0.3) is 10.2 Å². The number of aryl methyl sites for hydroxylation is 2. The van der Waals surface area contributed by atoms with Crippen LogP contribution in [-0.4, -0.2) is 36.3 Å². The second-order valence-electron chi connectivity index (χ2n) is 7.04. The first-order valence-corrected chi connectivity index (χ1v) is 12.6. The SMILES string of the molecule is C=CCN(CC=C)S(=O)(=O)c1ccc(C(=O)N=c2sc3cc(Cl)cc(C)c3n2CC)cc1. The van der Waals surface area contributed by atoms with Gasteiger partial charge in [0.1, 0.15) is 0 Å². The van der Waals surface area contributed by atoms with Gasteiger partial charge in [-0.3, -0.25) is 4.79 Å². The predicted octanol–water partition coefficient (Wildman–Crippen LogP) is 4.79. The highest BCUT2D eigenvalue weighted by Gasteiger charge is 2.22. The van der Waals surface area contributed by atoms with E-state index < -0.39 is 15.9 Å². The van der Waals surface area contributed by atoms with E-state index in [1.165, 1.54) is 52.1 Å². The molecule has 3 rings (SSSR count). The Morgan fingerprint density at radius 2 is 1.81 bits per heavy atom. The van der Waals surface area contributed by atoms with Crippen LogP contribution in [0.15, 0.2) is 71.6 Å². The maximum atomic E-state index is 12.8. The Kier molecular flexibility index (Phi) is 7.51. The highest BCUT2D eigenvalue weighted by Crippen LogP contribution is 2.26. The van der Waals surface area contributed by atoms with E-state index in [1.54, 1.807) is 0 Å². The first-order chi connectivity index (χ1) is 15.2. The lowest BCUT2D eigenvalue weighted by Crippen LogP contribution is -2.31. The van der Waals surface area contributed by atoms with Crippen molar-refractivity contribution in [3.8, 4) is 0 Å². The zero-order valence-corrected chi connectivity index (χ0v) is 20.3. The van der Waals surface area contributed by atoms with Crippen LogP contribution in [0.2, 0.25) is 5.02 Å². The van der Waals surface area contributed by atoms with Crippen molar-refractivity contribution in [2.24, 2.45) is 4.99 Å².